The van der Waals surface area contributed by atoms with Crippen LogP contribution in [0.2, 0.25) is 0 Å². The number of alkyl halides is 4. The average Bonchev–Trinajstić information content (AvgIpc) is 3.64. The molecule has 3 aromatic carbocycles. The fourth-order valence-electron chi connectivity index (χ4n) is 4.77. The summed E-state index contributed by atoms with van der Waals surface area (Å²) in [6.07, 6.45) is 6.55. The number of methoxy groups -OCH3 is 1. The predicted molar refractivity (Wildman–Crippen MR) is 187 cm³/mol. The number of esters is 1. The van der Waals surface area contributed by atoms with Gasteiger partial charge in [0.25, 0.3) is 5.78 Å². The Balaban J connectivity index is -0.000000786. The van der Waals surface area contributed by atoms with Gasteiger partial charge in [-0.25, -0.2) is 9.18 Å². The smallest absolute Gasteiger partial charge is 1.00 e. The van der Waals surface area contributed by atoms with E-state index in [1.54, 1.807) is 0 Å². The Morgan fingerprint density at radius 1 is 0.877 bits per heavy atom. The molecule has 6 rings (SSSR count). The summed E-state index contributed by atoms with van der Waals surface area (Å²) in [5.74, 6) is -4.96. The molecule has 3 aromatic rings. The van der Waals surface area contributed by atoms with E-state index < -0.39 is 74.1 Å². The van der Waals surface area contributed by atoms with Crippen LogP contribution in [0.3, 0.4) is 0 Å². The second-order valence-electron chi connectivity index (χ2n) is 10.2. The zero-order valence-corrected chi connectivity index (χ0v) is 37.2. The van der Waals surface area contributed by atoms with Crippen molar-refractivity contribution in [3.05, 3.63) is 124 Å². The Bertz CT molecular complexity index is 2230. The maximum atomic E-state index is 12.7. The molecule has 0 radical (unpaired) electrons. The molecule has 0 aromatic heterocycles. The molecule has 10 nitrogen and oxygen atoms in total. The number of allylic oxidation sites excluding steroid dienone is 5. The van der Waals surface area contributed by atoms with Gasteiger partial charge in [0.15, 0.2) is 12.5 Å². The summed E-state index contributed by atoms with van der Waals surface area (Å²) < 4.78 is 139. The van der Waals surface area contributed by atoms with Crippen molar-refractivity contribution < 1.29 is 108 Å². The molecule has 0 heterocycles. The molecule has 0 spiro atoms. The van der Waals surface area contributed by atoms with Gasteiger partial charge >= 0.3 is 90.7 Å². The van der Waals surface area contributed by atoms with Crippen LogP contribution in [0.5, 0.6) is 0 Å². The number of fused-ring (bicyclic) bond motifs is 6. The number of ketones is 2. The first-order valence-electron chi connectivity index (χ1n) is 14.0. The molecule has 0 aliphatic heterocycles. The summed E-state index contributed by atoms with van der Waals surface area (Å²) in [5.41, 5.74) is 6.99. The van der Waals surface area contributed by atoms with E-state index in [4.69, 9.17) is 16.8 Å². The largest absolute Gasteiger partial charge is 2.00 e. The first kappa shape index (κ1) is 58.6. The van der Waals surface area contributed by atoms with Gasteiger partial charge in [-0.2, -0.15) is 62.7 Å². The number of benzene rings is 3. The number of Topliss-reactive ketones (excluding diaryl/α,β-unsaturated/α-hetero) is 2. The molecule has 0 saturated heterocycles. The fourth-order valence-corrected chi connectivity index (χ4v) is 5.25. The summed E-state index contributed by atoms with van der Waals surface area (Å²) in [7, 11) is -9.49. The zero-order chi connectivity index (χ0) is 40.1. The van der Waals surface area contributed by atoms with Gasteiger partial charge in [0.2, 0.25) is 0 Å². The number of hydrogen-bond donors (Lipinski definition) is 0. The number of halogens is 9. The third-order valence-electron chi connectivity index (χ3n) is 6.76. The molecule has 57 heavy (non-hydrogen) atoms. The standard InChI is InChI=1S/C17H10F4O4S.C13H7.C3H5FO2.2BrH.F2O2S.2Mg.O2S/c18-17(19,20)16(23)10-2-4-14-12(6-10)7-11-5-9(1-3-13(11)14)15(22)8-26(21,24)25;1-3-7-12-10(5-1)9-11-6-2-4-8-13(11)12;1-6-3(5)2-4;;;1-5(2,3)4;;;1-3-2/h1-6H,7-8H2;3-9H;2H2,1H3;2*1H;;;;/q;-1;;;;;2*+2;/p-2. The molecule has 0 unspecified atom stereocenters. The molecule has 3 aliphatic rings. The number of ether oxygens (including phenoxy) is 1. The van der Waals surface area contributed by atoms with Crippen LogP contribution < -0.4 is 34.0 Å². The fraction of sp³-hybridized carbons (Fsp3) is 0.152. The Morgan fingerprint density at radius 3 is 1.84 bits per heavy atom. The van der Waals surface area contributed by atoms with E-state index in [0.717, 1.165) is 19.2 Å². The maximum Gasteiger partial charge on any atom is 2.00 e. The minimum absolute atomic E-state index is 0. The van der Waals surface area contributed by atoms with Gasteiger partial charge in [-0.1, -0.05) is 79.5 Å². The average molecular weight is 1020 g/mol. The molecule has 298 valence electrons. The van der Waals surface area contributed by atoms with Crippen LogP contribution in [-0.4, -0.2) is 115 Å². The van der Waals surface area contributed by atoms with Gasteiger partial charge in [0.1, 0.15) is 5.75 Å². The molecule has 0 atom stereocenters. The molecular weight excluding hydrogens is 994 g/mol. The van der Waals surface area contributed by atoms with Gasteiger partial charge < -0.3 is 38.7 Å². The van der Waals surface area contributed by atoms with Crippen LogP contribution in [0.4, 0.5) is 29.2 Å². The number of rotatable bonds is 5. The number of carbonyl (C=O) groups excluding carboxylic acids is 3. The van der Waals surface area contributed by atoms with E-state index in [-0.39, 0.29) is 92.1 Å². The summed E-state index contributed by atoms with van der Waals surface area (Å²) in [6.45, 7) is -1.03. The summed E-state index contributed by atoms with van der Waals surface area (Å²) in [6, 6.07) is 17.0. The van der Waals surface area contributed by atoms with Crippen LogP contribution in [0.25, 0.3) is 22.8 Å². The Hall–Kier alpha value is -2.72. The molecule has 3 aliphatic carbocycles. The molecule has 24 heteroatoms. The normalized spacial score (nSPS) is 11.9. The van der Waals surface area contributed by atoms with Crippen molar-refractivity contribution in [3.8, 4) is 11.1 Å². The molecule has 0 N–H and O–H groups in total. The van der Waals surface area contributed by atoms with Gasteiger partial charge in [-0.3, -0.25) is 9.59 Å². The molecule has 0 saturated carbocycles. The van der Waals surface area contributed by atoms with Crippen molar-refractivity contribution in [1.29, 1.82) is 0 Å². The SMILES string of the molecule is COC(=O)CF.O=C(CS(=O)(=O)F)c1ccc2c(c1)Cc1cc(C(=O)C(F)(F)F)ccc1-2.O=S(=O)(F)F.O=S=O.[Br-].[Br-].[C-]1=CC=C2C(=Cc3c[c-]ccc32)[CH+]1.[Mg+2].[Mg+2]. The second kappa shape index (κ2) is 26.4. The summed E-state index contributed by atoms with van der Waals surface area (Å²) in [4.78, 5) is 32.7. The van der Waals surface area contributed by atoms with Gasteiger partial charge in [0, 0.05) is 11.1 Å². The van der Waals surface area contributed by atoms with Crippen LogP contribution in [0.1, 0.15) is 43.0 Å². The molecular formula is C33H22Br2F7Mg2O10S3+. The Kier molecular flexibility index (Phi) is 27.1. The number of carbonyl (C=O) groups is 3. The maximum absolute atomic E-state index is 12.7. The summed E-state index contributed by atoms with van der Waals surface area (Å²) in [5, 5.41) is 0. The van der Waals surface area contributed by atoms with Crippen molar-refractivity contribution >= 4 is 108 Å². The molecule has 0 amide bonds. The van der Waals surface area contributed by atoms with Crippen LogP contribution in [-0.2, 0) is 48.4 Å². The quantitative estimate of drug-likeness (QED) is 0.0619. The van der Waals surface area contributed by atoms with Crippen molar-refractivity contribution in [2.24, 2.45) is 0 Å². The predicted octanol–water partition coefficient (Wildman–Crippen LogP) is -0.795. The van der Waals surface area contributed by atoms with Crippen molar-refractivity contribution in [3.63, 3.8) is 0 Å². The van der Waals surface area contributed by atoms with Gasteiger partial charge in [0.05, 0.1) is 7.11 Å². The van der Waals surface area contributed by atoms with Crippen molar-refractivity contribution in [1.82, 2.24) is 0 Å². The monoisotopic (exact) mass is 1010 g/mol. The molecule has 0 bridgehead atoms. The third kappa shape index (κ3) is 19.7. The van der Waals surface area contributed by atoms with Crippen LogP contribution >= 0.6 is 0 Å². The van der Waals surface area contributed by atoms with E-state index in [0.29, 0.717) is 22.3 Å². The van der Waals surface area contributed by atoms with E-state index in [1.165, 1.54) is 46.5 Å². The first-order valence-corrected chi connectivity index (χ1v) is 17.5. The summed E-state index contributed by atoms with van der Waals surface area (Å²) >= 11 is -0.750. The third-order valence-corrected chi connectivity index (χ3v) is 7.36. The Labute approximate surface area is 379 Å². The van der Waals surface area contributed by atoms with Crippen molar-refractivity contribution in [2.45, 2.75) is 12.6 Å². The topological polar surface area (TPSA) is 163 Å². The molecule has 0 fully saturated rings. The van der Waals surface area contributed by atoms with Crippen molar-refractivity contribution in [2.75, 3.05) is 19.5 Å². The van der Waals surface area contributed by atoms with E-state index in [2.05, 4.69) is 35.1 Å². The van der Waals surface area contributed by atoms with Crippen LogP contribution in [0, 0.1) is 18.6 Å². The second-order valence-corrected chi connectivity index (χ2v) is 12.4. The van der Waals surface area contributed by atoms with E-state index >= 15 is 0 Å². The van der Waals surface area contributed by atoms with Gasteiger partial charge in [-0.05, 0) is 46.4 Å². The minimum atomic E-state index is -5.67. The Morgan fingerprint density at radius 2 is 1.39 bits per heavy atom. The minimum Gasteiger partial charge on any atom is -1.00 e. The van der Waals surface area contributed by atoms with E-state index in [9.17, 15) is 52.0 Å². The first-order chi connectivity index (χ1) is 24.6. The zero-order valence-electron chi connectivity index (χ0n) is 28.7. The van der Waals surface area contributed by atoms with Crippen LogP contribution in [0.15, 0.2) is 72.3 Å². The number of hydrogen-bond acceptors (Lipinski definition) is 10. The van der Waals surface area contributed by atoms with E-state index in [1.807, 2.05) is 24.6 Å². The van der Waals surface area contributed by atoms with Gasteiger partial charge in [-0.15, -0.1) is 3.89 Å².